The first-order valence-corrected chi connectivity index (χ1v) is 10.1. The molecule has 2 aromatic rings. The summed E-state index contributed by atoms with van der Waals surface area (Å²) in [5.41, 5.74) is 0. The Hall–Kier alpha value is -1.18. The third kappa shape index (κ3) is 4.02. The van der Waals surface area contributed by atoms with Crippen molar-refractivity contribution in [1.29, 1.82) is 0 Å². The van der Waals surface area contributed by atoms with Crippen LogP contribution in [0, 0.1) is 0 Å². The molecule has 2 aromatic heterocycles. The van der Waals surface area contributed by atoms with Crippen LogP contribution in [-0.4, -0.2) is 29.3 Å². The van der Waals surface area contributed by atoms with E-state index in [0.29, 0.717) is 18.0 Å². The third-order valence-electron chi connectivity index (χ3n) is 3.86. The summed E-state index contributed by atoms with van der Waals surface area (Å²) in [5, 5.41) is 6.86. The lowest BCUT2D eigenvalue weighted by Gasteiger charge is -2.34. The van der Waals surface area contributed by atoms with Gasteiger partial charge in [0.1, 0.15) is 6.04 Å². The van der Waals surface area contributed by atoms with E-state index in [2.05, 4.69) is 21.2 Å². The van der Waals surface area contributed by atoms with Crippen molar-refractivity contribution in [3.8, 4) is 0 Å². The van der Waals surface area contributed by atoms with E-state index in [1.807, 2.05) is 29.0 Å². The van der Waals surface area contributed by atoms with Crippen LogP contribution in [0.15, 0.2) is 33.4 Å². The van der Waals surface area contributed by atoms with Crippen molar-refractivity contribution in [1.82, 2.24) is 10.2 Å². The molecule has 7 heteroatoms. The summed E-state index contributed by atoms with van der Waals surface area (Å²) in [4.78, 5) is 28.7. The lowest BCUT2D eigenvalue weighted by molar-refractivity contribution is -0.126. The topological polar surface area (TPSA) is 49.4 Å². The maximum atomic E-state index is 12.6. The number of rotatable bonds is 4. The van der Waals surface area contributed by atoms with E-state index in [1.54, 1.807) is 16.2 Å². The molecule has 23 heavy (non-hydrogen) atoms. The van der Waals surface area contributed by atoms with Gasteiger partial charge in [-0.15, -0.1) is 22.7 Å². The number of halogens is 1. The number of amides is 2. The quantitative estimate of drug-likeness (QED) is 0.827. The minimum Gasteiger partial charge on any atom is -0.349 e. The molecule has 1 N–H and O–H groups in total. The van der Waals surface area contributed by atoms with Crippen LogP contribution in [0.2, 0.25) is 0 Å². The fourth-order valence-corrected chi connectivity index (χ4v) is 4.80. The van der Waals surface area contributed by atoms with Crippen LogP contribution in [0.1, 0.15) is 33.8 Å². The first kappa shape index (κ1) is 16.7. The van der Waals surface area contributed by atoms with Crippen LogP contribution in [0.4, 0.5) is 0 Å². The van der Waals surface area contributed by atoms with E-state index in [-0.39, 0.29) is 17.9 Å². The Balaban J connectivity index is 1.65. The van der Waals surface area contributed by atoms with Crippen molar-refractivity contribution >= 4 is 50.4 Å². The average molecular weight is 413 g/mol. The Morgan fingerprint density at radius 2 is 2.22 bits per heavy atom. The van der Waals surface area contributed by atoms with E-state index in [4.69, 9.17) is 0 Å². The largest absolute Gasteiger partial charge is 0.349 e. The van der Waals surface area contributed by atoms with Gasteiger partial charge in [-0.05, 0) is 52.7 Å². The van der Waals surface area contributed by atoms with Gasteiger partial charge in [0.25, 0.3) is 5.91 Å². The summed E-state index contributed by atoms with van der Waals surface area (Å²) >= 11 is 6.44. The van der Waals surface area contributed by atoms with Crippen molar-refractivity contribution in [3.05, 3.63) is 43.2 Å². The van der Waals surface area contributed by atoms with Gasteiger partial charge < -0.3 is 10.2 Å². The second kappa shape index (κ2) is 7.59. The number of hydrogen-bond donors (Lipinski definition) is 1. The Kier molecular flexibility index (Phi) is 5.50. The zero-order valence-electron chi connectivity index (χ0n) is 12.5. The highest BCUT2D eigenvalue weighted by molar-refractivity contribution is 9.10. The van der Waals surface area contributed by atoms with Crippen LogP contribution < -0.4 is 5.32 Å². The van der Waals surface area contributed by atoms with Gasteiger partial charge in [0, 0.05) is 21.3 Å². The number of likely N-dealkylation sites (tertiary alicyclic amines) is 1. The first-order chi connectivity index (χ1) is 11.1. The fourth-order valence-electron chi connectivity index (χ4n) is 2.73. The Morgan fingerprint density at radius 1 is 1.35 bits per heavy atom. The van der Waals surface area contributed by atoms with Gasteiger partial charge in [-0.1, -0.05) is 6.07 Å². The lowest BCUT2D eigenvalue weighted by Crippen LogP contribution is -2.51. The van der Waals surface area contributed by atoms with Gasteiger partial charge in [-0.3, -0.25) is 9.59 Å². The van der Waals surface area contributed by atoms with Gasteiger partial charge in [-0.2, -0.15) is 0 Å². The smallest absolute Gasteiger partial charge is 0.264 e. The molecule has 1 atom stereocenters. The van der Waals surface area contributed by atoms with Crippen molar-refractivity contribution in [2.24, 2.45) is 0 Å². The van der Waals surface area contributed by atoms with Gasteiger partial charge in [0.05, 0.1) is 11.4 Å². The highest BCUT2D eigenvalue weighted by Crippen LogP contribution is 2.23. The molecule has 3 heterocycles. The molecule has 0 spiro atoms. The van der Waals surface area contributed by atoms with Gasteiger partial charge in [-0.25, -0.2) is 0 Å². The van der Waals surface area contributed by atoms with Crippen molar-refractivity contribution in [2.45, 2.75) is 31.8 Å². The van der Waals surface area contributed by atoms with Crippen LogP contribution in [0.5, 0.6) is 0 Å². The van der Waals surface area contributed by atoms with Crippen molar-refractivity contribution < 1.29 is 9.59 Å². The molecule has 0 bridgehead atoms. The normalized spacial score (nSPS) is 18.0. The summed E-state index contributed by atoms with van der Waals surface area (Å²) in [6.45, 7) is 1.16. The molecule has 2 amide bonds. The number of piperidine rings is 1. The standard InChI is InChI=1S/C16H17BrN2O2S2/c17-11-8-12(23-10-11)9-18-15(20)13-4-1-2-6-19(13)16(21)14-5-3-7-22-14/h3,5,7-8,10,13H,1-2,4,6,9H2,(H,18,20). The molecule has 1 aliphatic rings. The highest BCUT2D eigenvalue weighted by atomic mass is 79.9. The maximum Gasteiger partial charge on any atom is 0.264 e. The van der Waals surface area contributed by atoms with E-state index in [9.17, 15) is 9.59 Å². The Bertz CT molecular complexity index is 684. The lowest BCUT2D eigenvalue weighted by atomic mass is 10.0. The number of carbonyl (C=O) groups excluding carboxylic acids is 2. The molecular formula is C16H17BrN2O2S2. The molecule has 1 saturated heterocycles. The second-order valence-corrected chi connectivity index (χ2v) is 8.30. The van der Waals surface area contributed by atoms with Gasteiger partial charge in [0.2, 0.25) is 5.91 Å². The number of nitrogens with one attached hydrogen (secondary N) is 1. The molecule has 1 aliphatic heterocycles. The summed E-state index contributed by atoms with van der Waals surface area (Å²) < 4.78 is 1.03. The van der Waals surface area contributed by atoms with Crippen molar-refractivity contribution in [3.63, 3.8) is 0 Å². The maximum absolute atomic E-state index is 12.6. The second-order valence-electron chi connectivity index (χ2n) is 5.44. The summed E-state index contributed by atoms with van der Waals surface area (Å²) in [6, 6.07) is 5.33. The minimum absolute atomic E-state index is 0.0290. The Labute approximate surface area is 151 Å². The van der Waals surface area contributed by atoms with E-state index < -0.39 is 0 Å². The molecular weight excluding hydrogens is 396 g/mol. The highest BCUT2D eigenvalue weighted by Gasteiger charge is 2.32. The molecule has 0 saturated carbocycles. The number of thiophene rings is 2. The van der Waals surface area contributed by atoms with Crippen LogP contribution >= 0.6 is 38.6 Å². The molecule has 1 fully saturated rings. The zero-order chi connectivity index (χ0) is 16.2. The Morgan fingerprint density at radius 3 is 2.91 bits per heavy atom. The predicted octanol–water partition coefficient (Wildman–Crippen LogP) is 3.88. The molecule has 1 unspecified atom stereocenters. The van der Waals surface area contributed by atoms with Crippen molar-refractivity contribution in [2.75, 3.05) is 6.54 Å². The first-order valence-electron chi connectivity index (χ1n) is 7.50. The SMILES string of the molecule is O=C(NCc1cc(Br)cs1)C1CCCCN1C(=O)c1cccs1. The average Bonchev–Trinajstić information content (AvgIpc) is 3.23. The fraction of sp³-hybridized carbons (Fsp3) is 0.375. The van der Waals surface area contributed by atoms with E-state index >= 15 is 0 Å². The number of carbonyl (C=O) groups is 2. The van der Waals surface area contributed by atoms with E-state index in [0.717, 1.165) is 28.6 Å². The summed E-state index contributed by atoms with van der Waals surface area (Å²) in [5.74, 6) is -0.0853. The molecule has 0 aromatic carbocycles. The number of nitrogens with zero attached hydrogens (tertiary/aromatic N) is 1. The molecule has 0 aliphatic carbocycles. The predicted molar refractivity (Wildman–Crippen MR) is 96.9 cm³/mol. The van der Waals surface area contributed by atoms with E-state index in [1.165, 1.54) is 11.3 Å². The molecule has 4 nitrogen and oxygen atoms in total. The monoisotopic (exact) mass is 412 g/mol. The van der Waals surface area contributed by atoms with Gasteiger partial charge in [0.15, 0.2) is 0 Å². The summed E-state index contributed by atoms with van der Waals surface area (Å²) in [6.07, 6.45) is 2.67. The molecule has 122 valence electrons. The van der Waals surface area contributed by atoms with Gasteiger partial charge >= 0.3 is 0 Å². The van der Waals surface area contributed by atoms with Crippen LogP contribution in [0.25, 0.3) is 0 Å². The van der Waals surface area contributed by atoms with Crippen LogP contribution in [0.3, 0.4) is 0 Å². The summed E-state index contributed by atoms with van der Waals surface area (Å²) in [7, 11) is 0. The minimum atomic E-state index is -0.359. The zero-order valence-corrected chi connectivity index (χ0v) is 15.7. The van der Waals surface area contributed by atoms with Crippen LogP contribution in [-0.2, 0) is 11.3 Å². The third-order valence-corrected chi connectivity index (χ3v) is 6.41. The molecule has 3 rings (SSSR count). The number of hydrogen-bond acceptors (Lipinski definition) is 4. The molecule has 0 radical (unpaired) electrons.